The van der Waals surface area contributed by atoms with Crippen LogP contribution in [0, 0.1) is 0 Å². The molecular weight excluding hydrogens is 228 g/mol. The van der Waals surface area contributed by atoms with Crippen molar-refractivity contribution in [3.8, 4) is 0 Å². The van der Waals surface area contributed by atoms with Gasteiger partial charge in [0.2, 0.25) is 0 Å². The fourth-order valence-electron chi connectivity index (χ4n) is 1.63. The van der Waals surface area contributed by atoms with Crippen LogP contribution in [0.25, 0.3) is 0 Å². The van der Waals surface area contributed by atoms with E-state index in [0.717, 1.165) is 24.1 Å². The SMILES string of the molecule is CNCCc1ccccc1C(=O)NCC(C)OC. The Kier molecular flexibility index (Phi) is 6.39. The first-order valence-electron chi connectivity index (χ1n) is 6.22. The minimum absolute atomic E-state index is 0.0263. The van der Waals surface area contributed by atoms with E-state index < -0.39 is 0 Å². The minimum Gasteiger partial charge on any atom is -0.380 e. The van der Waals surface area contributed by atoms with Gasteiger partial charge in [-0.2, -0.15) is 0 Å². The second-order valence-electron chi connectivity index (χ2n) is 4.27. The highest BCUT2D eigenvalue weighted by Gasteiger charge is 2.11. The predicted molar refractivity (Wildman–Crippen MR) is 72.9 cm³/mol. The van der Waals surface area contributed by atoms with Crippen LogP contribution in [0.5, 0.6) is 0 Å². The minimum atomic E-state index is -0.0365. The summed E-state index contributed by atoms with van der Waals surface area (Å²) in [6.07, 6.45) is 0.873. The lowest BCUT2D eigenvalue weighted by Crippen LogP contribution is -2.32. The summed E-state index contributed by atoms with van der Waals surface area (Å²) in [5.41, 5.74) is 1.81. The van der Waals surface area contributed by atoms with Gasteiger partial charge in [0.15, 0.2) is 0 Å². The summed E-state index contributed by atoms with van der Waals surface area (Å²) in [6, 6.07) is 7.70. The van der Waals surface area contributed by atoms with Crippen LogP contribution < -0.4 is 10.6 Å². The molecule has 0 bridgehead atoms. The van der Waals surface area contributed by atoms with Gasteiger partial charge in [-0.25, -0.2) is 0 Å². The molecule has 0 aliphatic carbocycles. The zero-order valence-corrected chi connectivity index (χ0v) is 11.3. The maximum atomic E-state index is 12.1. The maximum Gasteiger partial charge on any atom is 0.251 e. The van der Waals surface area contributed by atoms with E-state index >= 15 is 0 Å². The van der Waals surface area contributed by atoms with E-state index in [1.54, 1.807) is 7.11 Å². The molecule has 1 unspecified atom stereocenters. The van der Waals surface area contributed by atoms with Gasteiger partial charge >= 0.3 is 0 Å². The number of nitrogens with one attached hydrogen (secondary N) is 2. The standard InChI is InChI=1S/C14H22N2O2/c1-11(18-3)10-16-14(17)13-7-5-4-6-12(13)8-9-15-2/h4-7,11,15H,8-10H2,1-3H3,(H,16,17). The highest BCUT2D eigenvalue weighted by atomic mass is 16.5. The first-order chi connectivity index (χ1) is 8.69. The quantitative estimate of drug-likeness (QED) is 0.765. The van der Waals surface area contributed by atoms with Gasteiger partial charge in [-0.15, -0.1) is 0 Å². The predicted octanol–water partition coefficient (Wildman–Crippen LogP) is 1.21. The summed E-state index contributed by atoms with van der Waals surface area (Å²) in [7, 11) is 3.54. The molecule has 0 saturated carbocycles. The zero-order valence-electron chi connectivity index (χ0n) is 11.3. The topological polar surface area (TPSA) is 50.4 Å². The van der Waals surface area contributed by atoms with Crippen LogP contribution >= 0.6 is 0 Å². The number of methoxy groups -OCH3 is 1. The van der Waals surface area contributed by atoms with Crippen LogP contribution in [0.4, 0.5) is 0 Å². The maximum absolute atomic E-state index is 12.1. The van der Waals surface area contributed by atoms with Crippen molar-refractivity contribution in [2.45, 2.75) is 19.4 Å². The first kappa shape index (κ1) is 14.7. The van der Waals surface area contributed by atoms with E-state index in [2.05, 4.69) is 10.6 Å². The van der Waals surface area contributed by atoms with Gasteiger partial charge in [0.25, 0.3) is 5.91 Å². The van der Waals surface area contributed by atoms with Gasteiger partial charge in [0, 0.05) is 19.2 Å². The van der Waals surface area contributed by atoms with Crippen molar-refractivity contribution in [3.05, 3.63) is 35.4 Å². The summed E-state index contributed by atoms with van der Waals surface area (Å²) >= 11 is 0. The number of carbonyl (C=O) groups is 1. The van der Waals surface area contributed by atoms with E-state index in [4.69, 9.17) is 4.74 Å². The molecule has 0 fully saturated rings. The molecule has 1 aromatic carbocycles. The molecule has 1 amide bonds. The van der Waals surface area contributed by atoms with Crippen LogP contribution in [0.1, 0.15) is 22.8 Å². The number of amides is 1. The van der Waals surface area contributed by atoms with Gasteiger partial charge in [0.05, 0.1) is 6.10 Å². The number of hydrogen-bond acceptors (Lipinski definition) is 3. The molecule has 0 aromatic heterocycles. The molecule has 18 heavy (non-hydrogen) atoms. The number of benzene rings is 1. The molecule has 0 aliphatic heterocycles. The Morgan fingerprint density at radius 2 is 2.11 bits per heavy atom. The number of likely N-dealkylation sites (N-methyl/N-ethyl adjacent to an activating group) is 1. The van der Waals surface area contributed by atoms with Crippen LogP contribution in [0.2, 0.25) is 0 Å². The van der Waals surface area contributed by atoms with Crippen LogP contribution in [-0.2, 0) is 11.2 Å². The van der Waals surface area contributed by atoms with E-state index in [-0.39, 0.29) is 12.0 Å². The zero-order chi connectivity index (χ0) is 13.4. The summed E-state index contributed by atoms with van der Waals surface area (Å²) in [5.74, 6) is -0.0365. The molecule has 0 spiro atoms. The molecule has 1 rings (SSSR count). The van der Waals surface area contributed by atoms with Crippen molar-refractivity contribution in [2.24, 2.45) is 0 Å². The Morgan fingerprint density at radius 3 is 2.78 bits per heavy atom. The lowest BCUT2D eigenvalue weighted by Gasteiger charge is -2.13. The summed E-state index contributed by atoms with van der Waals surface area (Å²) in [5, 5.41) is 5.97. The highest BCUT2D eigenvalue weighted by Crippen LogP contribution is 2.09. The van der Waals surface area contributed by atoms with Crippen LogP contribution in [-0.4, -0.2) is 39.3 Å². The summed E-state index contributed by atoms with van der Waals surface area (Å²) in [6.45, 7) is 3.31. The average Bonchev–Trinajstić information content (AvgIpc) is 2.42. The van der Waals surface area contributed by atoms with Crippen molar-refractivity contribution in [1.82, 2.24) is 10.6 Å². The molecular formula is C14H22N2O2. The van der Waals surface area contributed by atoms with E-state index in [1.807, 2.05) is 38.2 Å². The molecule has 2 N–H and O–H groups in total. The van der Waals surface area contributed by atoms with Gasteiger partial charge in [-0.3, -0.25) is 4.79 Å². The lowest BCUT2D eigenvalue weighted by molar-refractivity contribution is 0.0869. The van der Waals surface area contributed by atoms with Crippen LogP contribution in [0.15, 0.2) is 24.3 Å². The van der Waals surface area contributed by atoms with E-state index in [0.29, 0.717) is 6.54 Å². The Hall–Kier alpha value is -1.39. The molecule has 0 heterocycles. The molecule has 100 valence electrons. The molecule has 4 heteroatoms. The third kappa shape index (κ3) is 4.47. The molecule has 0 saturated heterocycles. The third-order valence-electron chi connectivity index (χ3n) is 2.86. The van der Waals surface area contributed by atoms with Crippen molar-refractivity contribution < 1.29 is 9.53 Å². The highest BCUT2D eigenvalue weighted by molar-refractivity contribution is 5.95. The molecule has 4 nitrogen and oxygen atoms in total. The van der Waals surface area contributed by atoms with Gasteiger partial charge in [-0.1, -0.05) is 18.2 Å². The number of hydrogen-bond donors (Lipinski definition) is 2. The third-order valence-corrected chi connectivity index (χ3v) is 2.86. The van der Waals surface area contributed by atoms with Crippen molar-refractivity contribution in [1.29, 1.82) is 0 Å². The molecule has 1 atom stereocenters. The lowest BCUT2D eigenvalue weighted by atomic mass is 10.0. The Bertz CT molecular complexity index is 380. The van der Waals surface area contributed by atoms with E-state index in [9.17, 15) is 4.79 Å². The Labute approximate surface area is 109 Å². The fourth-order valence-corrected chi connectivity index (χ4v) is 1.63. The molecule has 1 aromatic rings. The summed E-state index contributed by atoms with van der Waals surface area (Å²) < 4.78 is 5.11. The smallest absolute Gasteiger partial charge is 0.251 e. The van der Waals surface area contributed by atoms with E-state index in [1.165, 1.54) is 0 Å². The fraction of sp³-hybridized carbons (Fsp3) is 0.500. The normalized spacial score (nSPS) is 12.2. The number of rotatable bonds is 7. The Morgan fingerprint density at radius 1 is 1.39 bits per heavy atom. The van der Waals surface area contributed by atoms with Crippen LogP contribution in [0.3, 0.4) is 0 Å². The monoisotopic (exact) mass is 250 g/mol. The van der Waals surface area contributed by atoms with Gasteiger partial charge < -0.3 is 15.4 Å². The Balaban J connectivity index is 2.66. The van der Waals surface area contributed by atoms with Gasteiger partial charge in [-0.05, 0) is 38.6 Å². The number of carbonyl (C=O) groups excluding carboxylic acids is 1. The summed E-state index contributed by atoms with van der Waals surface area (Å²) in [4.78, 5) is 12.1. The second kappa shape index (κ2) is 7.84. The largest absolute Gasteiger partial charge is 0.380 e. The van der Waals surface area contributed by atoms with Crippen molar-refractivity contribution >= 4 is 5.91 Å². The first-order valence-corrected chi connectivity index (χ1v) is 6.22. The second-order valence-corrected chi connectivity index (χ2v) is 4.27. The molecule has 0 radical (unpaired) electrons. The van der Waals surface area contributed by atoms with Gasteiger partial charge in [0.1, 0.15) is 0 Å². The van der Waals surface area contributed by atoms with Crippen molar-refractivity contribution in [3.63, 3.8) is 0 Å². The average molecular weight is 250 g/mol. The molecule has 0 aliphatic rings. The number of ether oxygens (including phenoxy) is 1. The van der Waals surface area contributed by atoms with Crippen molar-refractivity contribution in [2.75, 3.05) is 27.2 Å².